The molecule has 1 aliphatic carbocycles. The van der Waals surface area contributed by atoms with E-state index in [1.54, 1.807) is 6.21 Å². The maximum atomic E-state index is 12.3. The van der Waals surface area contributed by atoms with Gasteiger partial charge in [0, 0.05) is 22.9 Å². The quantitative estimate of drug-likeness (QED) is 0.747. The summed E-state index contributed by atoms with van der Waals surface area (Å²) in [6.45, 7) is 0.142. The molecular formula is C23H20N2O2. The van der Waals surface area contributed by atoms with Crippen molar-refractivity contribution in [2.24, 2.45) is 10.7 Å². The number of ketones is 1. The Morgan fingerprint density at radius 3 is 2.33 bits per heavy atom. The van der Waals surface area contributed by atoms with Gasteiger partial charge in [0.15, 0.2) is 5.76 Å². The zero-order valence-corrected chi connectivity index (χ0v) is 14.9. The number of Topliss-reactive ketones (excluding diaryl/α,β-unsaturated/α-hetero) is 1. The van der Waals surface area contributed by atoms with Crippen LogP contribution in [-0.2, 0) is 5.54 Å². The van der Waals surface area contributed by atoms with E-state index in [-0.39, 0.29) is 17.9 Å². The van der Waals surface area contributed by atoms with Gasteiger partial charge in [-0.25, -0.2) is 0 Å². The minimum Gasteiger partial charge on any atom is -0.452 e. The van der Waals surface area contributed by atoms with Crippen LogP contribution >= 0.6 is 0 Å². The molecule has 2 N–H and O–H groups in total. The van der Waals surface area contributed by atoms with Gasteiger partial charge in [-0.05, 0) is 30.4 Å². The fourth-order valence-electron chi connectivity index (χ4n) is 3.96. The number of nitrogens with zero attached hydrogens (tertiary/aromatic N) is 1. The van der Waals surface area contributed by atoms with E-state index >= 15 is 0 Å². The van der Waals surface area contributed by atoms with Crippen molar-refractivity contribution in [2.75, 3.05) is 6.54 Å². The summed E-state index contributed by atoms with van der Waals surface area (Å²) in [5, 5.41) is 0. The molecule has 0 bridgehead atoms. The molecule has 2 heterocycles. The van der Waals surface area contributed by atoms with E-state index in [0.29, 0.717) is 11.5 Å². The lowest BCUT2D eigenvalue weighted by atomic mass is 9.72. The van der Waals surface area contributed by atoms with Crippen LogP contribution in [-0.4, -0.2) is 18.5 Å². The van der Waals surface area contributed by atoms with Gasteiger partial charge in [-0.1, -0.05) is 54.6 Å². The fraction of sp³-hybridized carbons (Fsp3) is 0.217. The molecular weight excluding hydrogens is 336 g/mol. The maximum absolute atomic E-state index is 12.3. The molecule has 27 heavy (non-hydrogen) atoms. The first-order valence-corrected chi connectivity index (χ1v) is 9.31. The first-order chi connectivity index (χ1) is 13.2. The van der Waals surface area contributed by atoms with Crippen molar-refractivity contribution < 1.29 is 9.21 Å². The third-order valence-electron chi connectivity index (χ3n) is 5.68. The molecule has 134 valence electrons. The standard InChI is InChI=1S/C23H20N2O2/c24-23(11-4-12-23)17-9-7-16(8-10-17)21-20(15-5-2-1-3-6-15)18-13-25-14-19(26)22(18)27-21/h1-3,5-10,13H,4,11-12,14,24H2. The van der Waals surface area contributed by atoms with E-state index < -0.39 is 0 Å². The molecule has 0 unspecified atom stereocenters. The van der Waals surface area contributed by atoms with Gasteiger partial charge in [-0.15, -0.1) is 0 Å². The number of nitrogens with two attached hydrogens (primary N) is 1. The Kier molecular flexibility index (Phi) is 3.62. The molecule has 0 radical (unpaired) electrons. The van der Waals surface area contributed by atoms with Gasteiger partial charge in [-0.3, -0.25) is 9.79 Å². The second kappa shape index (κ2) is 6.03. The lowest BCUT2D eigenvalue weighted by molar-refractivity contribution is 0.0974. The number of benzene rings is 2. The number of rotatable bonds is 3. The van der Waals surface area contributed by atoms with Crippen LogP contribution in [0.5, 0.6) is 0 Å². The van der Waals surface area contributed by atoms with E-state index in [1.165, 1.54) is 6.42 Å². The predicted octanol–water partition coefficient (Wildman–Crippen LogP) is 4.57. The van der Waals surface area contributed by atoms with Crippen LogP contribution < -0.4 is 5.73 Å². The Bertz CT molecular complexity index is 1040. The Labute approximate surface area is 157 Å². The van der Waals surface area contributed by atoms with Crippen molar-refractivity contribution in [1.82, 2.24) is 0 Å². The van der Waals surface area contributed by atoms with E-state index in [2.05, 4.69) is 17.1 Å². The lowest BCUT2D eigenvalue weighted by Gasteiger charge is -2.38. The van der Waals surface area contributed by atoms with E-state index in [4.69, 9.17) is 10.2 Å². The summed E-state index contributed by atoms with van der Waals surface area (Å²) in [7, 11) is 0. The van der Waals surface area contributed by atoms with Crippen molar-refractivity contribution >= 4 is 12.0 Å². The Hall–Kier alpha value is -2.98. The smallest absolute Gasteiger partial charge is 0.220 e. The molecule has 0 amide bonds. The number of carbonyl (C=O) groups excluding carboxylic acids is 1. The number of carbonyl (C=O) groups is 1. The minimum atomic E-state index is -0.189. The van der Waals surface area contributed by atoms with Crippen molar-refractivity contribution in [3.63, 3.8) is 0 Å². The van der Waals surface area contributed by atoms with Crippen molar-refractivity contribution in [3.8, 4) is 22.5 Å². The van der Waals surface area contributed by atoms with E-state index in [1.807, 2.05) is 42.5 Å². The van der Waals surface area contributed by atoms with Crippen molar-refractivity contribution in [2.45, 2.75) is 24.8 Å². The summed E-state index contributed by atoms with van der Waals surface area (Å²) in [6.07, 6.45) is 5.00. The normalized spacial score (nSPS) is 17.4. The summed E-state index contributed by atoms with van der Waals surface area (Å²) in [6, 6.07) is 18.3. The highest BCUT2D eigenvalue weighted by molar-refractivity contribution is 6.11. The van der Waals surface area contributed by atoms with Gasteiger partial charge >= 0.3 is 0 Å². The predicted molar refractivity (Wildman–Crippen MR) is 106 cm³/mol. The van der Waals surface area contributed by atoms with Crippen LogP contribution in [0.3, 0.4) is 0 Å². The number of furan rings is 1. The van der Waals surface area contributed by atoms with Crippen molar-refractivity contribution in [1.29, 1.82) is 0 Å². The highest BCUT2D eigenvalue weighted by atomic mass is 16.3. The van der Waals surface area contributed by atoms with Crippen LogP contribution in [0.25, 0.3) is 22.5 Å². The Morgan fingerprint density at radius 2 is 1.67 bits per heavy atom. The molecule has 2 aliphatic rings. The van der Waals surface area contributed by atoms with Gasteiger partial charge in [0.25, 0.3) is 0 Å². The van der Waals surface area contributed by atoms with Crippen LogP contribution in [0.2, 0.25) is 0 Å². The van der Waals surface area contributed by atoms with Gasteiger partial charge in [0.05, 0.1) is 5.56 Å². The van der Waals surface area contributed by atoms with Crippen LogP contribution in [0, 0.1) is 0 Å². The van der Waals surface area contributed by atoms with Crippen molar-refractivity contribution in [3.05, 3.63) is 71.5 Å². The molecule has 1 fully saturated rings. The molecule has 4 heteroatoms. The highest BCUT2D eigenvalue weighted by Crippen LogP contribution is 2.42. The number of hydrogen-bond acceptors (Lipinski definition) is 4. The largest absolute Gasteiger partial charge is 0.452 e. The SMILES string of the molecule is NC1(c2ccc(-c3oc4c(c3-c3ccccc3)C=NCC4=O)cc2)CCC1. The number of aliphatic imine (C=N–C) groups is 1. The maximum Gasteiger partial charge on any atom is 0.220 e. The summed E-state index contributed by atoms with van der Waals surface area (Å²) in [5.41, 5.74) is 11.1. The molecule has 1 saturated carbocycles. The first kappa shape index (κ1) is 16.2. The van der Waals surface area contributed by atoms with Crippen LogP contribution in [0.4, 0.5) is 0 Å². The topological polar surface area (TPSA) is 68.6 Å². The summed E-state index contributed by atoms with van der Waals surface area (Å²) in [4.78, 5) is 16.5. The monoisotopic (exact) mass is 356 g/mol. The molecule has 2 aromatic carbocycles. The van der Waals surface area contributed by atoms with Gasteiger partial charge < -0.3 is 10.2 Å². The third kappa shape index (κ3) is 2.56. The molecule has 4 nitrogen and oxygen atoms in total. The molecule has 0 atom stereocenters. The molecule has 0 spiro atoms. The van der Waals surface area contributed by atoms with Gasteiger partial charge in [0.1, 0.15) is 12.3 Å². The zero-order valence-electron chi connectivity index (χ0n) is 14.9. The highest BCUT2D eigenvalue weighted by Gasteiger charge is 2.34. The Morgan fingerprint density at radius 1 is 0.926 bits per heavy atom. The molecule has 0 saturated heterocycles. The van der Waals surface area contributed by atoms with Crippen LogP contribution in [0.15, 0.2) is 64.0 Å². The third-order valence-corrected chi connectivity index (χ3v) is 5.68. The second-order valence-corrected chi connectivity index (χ2v) is 7.40. The average molecular weight is 356 g/mol. The minimum absolute atomic E-state index is 0.0806. The van der Waals surface area contributed by atoms with Gasteiger partial charge in [-0.2, -0.15) is 0 Å². The molecule has 1 aliphatic heterocycles. The fourth-order valence-corrected chi connectivity index (χ4v) is 3.96. The molecule has 1 aromatic heterocycles. The average Bonchev–Trinajstić information content (AvgIpc) is 3.08. The number of fused-ring (bicyclic) bond motifs is 1. The molecule has 5 rings (SSSR count). The summed E-state index contributed by atoms with van der Waals surface area (Å²) >= 11 is 0. The lowest BCUT2D eigenvalue weighted by Crippen LogP contribution is -2.43. The summed E-state index contributed by atoms with van der Waals surface area (Å²) < 4.78 is 6.08. The first-order valence-electron chi connectivity index (χ1n) is 9.31. The second-order valence-electron chi connectivity index (χ2n) is 7.40. The number of hydrogen-bond donors (Lipinski definition) is 1. The molecule has 3 aromatic rings. The zero-order chi connectivity index (χ0) is 18.4. The van der Waals surface area contributed by atoms with Gasteiger partial charge in [0.2, 0.25) is 5.78 Å². The van der Waals surface area contributed by atoms with E-state index in [9.17, 15) is 4.79 Å². The summed E-state index contributed by atoms with van der Waals surface area (Å²) in [5.74, 6) is 1.03. The Balaban J connectivity index is 1.66. The van der Waals surface area contributed by atoms with Crippen LogP contribution in [0.1, 0.15) is 40.9 Å². The van der Waals surface area contributed by atoms with E-state index in [0.717, 1.165) is 40.7 Å².